The van der Waals surface area contributed by atoms with Gasteiger partial charge in [0.05, 0.1) is 0 Å². The number of aromatic nitrogens is 4. The van der Waals surface area contributed by atoms with E-state index in [0.717, 1.165) is 56.4 Å². The van der Waals surface area contributed by atoms with Crippen molar-refractivity contribution < 1.29 is 4.79 Å². The Morgan fingerprint density at radius 1 is 1.21 bits per heavy atom. The first-order valence-corrected chi connectivity index (χ1v) is 10.2. The number of anilines is 1. The van der Waals surface area contributed by atoms with Gasteiger partial charge in [-0.1, -0.05) is 20.8 Å². The highest BCUT2D eigenvalue weighted by Crippen LogP contribution is 2.26. The van der Waals surface area contributed by atoms with Crippen LogP contribution in [0, 0.1) is 5.92 Å². The van der Waals surface area contributed by atoms with E-state index in [0.29, 0.717) is 12.0 Å². The number of amides is 1. The standard InChI is InChI=1S/C20H31N7O/c1-14(28)25-9-8-15(11-25)10-24(5)16-12-26(13-16)18-7-6-17-21-22-19(20(2,3)4)27(17)23-18/h6-7,15-16H,8-13H2,1-5H3. The number of rotatable bonds is 4. The summed E-state index contributed by atoms with van der Waals surface area (Å²) in [6, 6.07) is 4.57. The lowest BCUT2D eigenvalue weighted by Gasteiger charge is -2.45. The van der Waals surface area contributed by atoms with Crippen LogP contribution in [0.3, 0.4) is 0 Å². The predicted octanol–water partition coefficient (Wildman–Crippen LogP) is 1.41. The van der Waals surface area contributed by atoms with Gasteiger partial charge in [-0.25, -0.2) is 0 Å². The lowest BCUT2D eigenvalue weighted by atomic mass is 9.96. The summed E-state index contributed by atoms with van der Waals surface area (Å²) in [6.45, 7) is 12.9. The van der Waals surface area contributed by atoms with E-state index in [-0.39, 0.29) is 11.3 Å². The maximum absolute atomic E-state index is 11.5. The number of nitrogens with zero attached hydrogens (tertiary/aromatic N) is 7. The Morgan fingerprint density at radius 3 is 2.61 bits per heavy atom. The Kier molecular flexibility index (Phi) is 4.77. The van der Waals surface area contributed by atoms with Crippen molar-refractivity contribution in [1.82, 2.24) is 29.6 Å². The van der Waals surface area contributed by atoms with Gasteiger partial charge in [0.25, 0.3) is 0 Å². The molecule has 0 aliphatic carbocycles. The van der Waals surface area contributed by atoms with Crippen LogP contribution < -0.4 is 4.90 Å². The van der Waals surface area contributed by atoms with Gasteiger partial charge < -0.3 is 9.80 Å². The zero-order valence-corrected chi connectivity index (χ0v) is 17.6. The summed E-state index contributed by atoms with van der Waals surface area (Å²) in [6.07, 6.45) is 1.11. The summed E-state index contributed by atoms with van der Waals surface area (Å²) in [5.74, 6) is 2.65. The van der Waals surface area contributed by atoms with Crippen molar-refractivity contribution in [2.75, 3.05) is 44.7 Å². The molecule has 4 heterocycles. The monoisotopic (exact) mass is 385 g/mol. The fourth-order valence-electron chi connectivity index (χ4n) is 4.16. The van der Waals surface area contributed by atoms with E-state index in [9.17, 15) is 4.79 Å². The van der Waals surface area contributed by atoms with Crippen LogP contribution in [0.1, 0.15) is 39.9 Å². The van der Waals surface area contributed by atoms with Gasteiger partial charge in [0, 0.05) is 51.1 Å². The third-order valence-corrected chi connectivity index (χ3v) is 6.01. The maximum atomic E-state index is 11.5. The van der Waals surface area contributed by atoms with Crippen LogP contribution in [0.2, 0.25) is 0 Å². The molecule has 0 N–H and O–H groups in total. The molecule has 1 amide bonds. The van der Waals surface area contributed by atoms with Crippen molar-refractivity contribution in [3.8, 4) is 0 Å². The van der Waals surface area contributed by atoms with Gasteiger partial charge in [0.2, 0.25) is 5.91 Å². The van der Waals surface area contributed by atoms with Crippen LogP contribution >= 0.6 is 0 Å². The normalized spacial score (nSPS) is 21.0. The number of likely N-dealkylation sites (N-methyl/N-ethyl adjacent to an activating group) is 1. The smallest absolute Gasteiger partial charge is 0.219 e. The highest BCUT2D eigenvalue weighted by Gasteiger charge is 2.34. The average Bonchev–Trinajstić information content (AvgIpc) is 3.19. The number of hydrogen-bond acceptors (Lipinski definition) is 6. The minimum absolute atomic E-state index is 0.0994. The molecule has 1 unspecified atom stereocenters. The minimum Gasteiger partial charge on any atom is -0.352 e. The molecule has 0 saturated carbocycles. The molecule has 28 heavy (non-hydrogen) atoms. The van der Waals surface area contributed by atoms with E-state index in [1.165, 1.54) is 0 Å². The fraction of sp³-hybridized carbons (Fsp3) is 0.700. The molecular weight excluding hydrogens is 354 g/mol. The topological polar surface area (TPSA) is 69.9 Å². The second kappa shape index (κ2) is 6.99. The highest BCUT2D eigenvalue weighted by atomic mass is 16.2. The largest absolute Gasteiger partial charge is 0.352 e. The van der Waals surface area contributed by atoms with Gasteiger partial charge in [0.1, 0.15) is 5.82 Å². The highest BCUT2D eigenvalue weighted by molar-refractivity contribution is 5.73. The third-order valence-electron chi connectivity index (χ3n) is 6.01. The molecule has 0 spiro atoms. The second-order valence-electron chi connectivity index (χ2n) is 9.35. The van der Waals surface area contributed by atoms with Crippen molar-refractivity contribution in [3.05, 3.63) is 18.0 Å². The van der Waals surface area contributed by atoms with Crippen molar-refractivity contribution in [2.24, 2.45) is 5.92 Å². The molecular formula is C20H31N7O. The maximum Gasteiger partial charge on any atom is 0.219 e. The molecule has 1 atom stereocenters. The Balaban J connectivity index is 1.36. The summed E-state index contributed by atoms with van der Waals surface area (Å²) >= 11 is 0. The quantitative estimate of drug-likeness (QED) is 0.793. The zero-order chi connectivity index (χ0) is 20.1. The van der Waals surface area contributed by atoms with E-state index < -0.39 is 0 Å². The zero-order valence-electron chi connectivity index (χ0n) is 17.6. The molecule has 8 heteroatoms. The average molecular weight is 386 g/mol. The molecule has 2 aromatic heterocycles. The number of likely N-dealkylation sites (tertiary alicyclic amines) is 1. The van der Waals surface area contributed by atoms with Gasteiger partial charge in [-0.3, -0.25) is 9.69 Å². The van der Waals surface area contributed by atoms with Crippen molar-refractivity contribution in [2.45, 2.75) is 45.6 Å². The molecule has 2 aliphatic heterocycles. The SMILES string of the molecule is CC(=O)N1CCC(CN(C)C2CN(c3ccc4nnc(C(C)(C)C)n4n3)C2)C1. The molecule has 2 aliphatic rings. The van der Waals surface area contributed by atoms with E-state index in [2.05, 4.69) is 47.8 Å². The minimum atomic E-state index is -0.0994. The number of carbonyl (C=O) groups is 1. The van der Waals surface area contributed by atoms with Gasteiger partial charge in [-0.2, -0.15) is 4.52 Å². The summed E-state index contributed by atoms with van der Waals surface area (Å²) < 4.78 is 1.88. The molecule has 8 nitrogen and oxygen atoms in total. The van der Waals surface area contributed by atoms with Crippen molar-refractivity contribution >= 4 is 17.4 Å². The first-order valence-electron chi connectivity index (χ1n) is 10.2. The number of fused-ring (bicyclic) bond motifs is 1. The molecule has 2 fully saturated rings. The Hall–Kier alpha value is -2.22. The van der Waals surface area contributed by atoms with Crippen LogP contribution in [-0.2, 0) is 10.2 Å². The van der Waals surface area contributed by atoms with Gasteiger partial charge in [0.15, 0.2) is 11.5 Å². The van der Waals surface area contributed by atoms with Gasteiger partial charge >= 0.3 is 0 Å². The lowest BCUT2D eigenvalue weighted by Crippen LogP contribution is -2.59. The molecule has 152 valence electrons. The van der Waals surface area contributed by atoms with Crippen molar-refractivity contribution in [1.29, 1.82) is 0 Å². The van der Waals surface area contributed by atoms with E-state index >= 15 is 0 Å². The van der Waals surface area contributed by atoms with Crippen LogP contribution in [0.15, 0.2) is 12.1 Å². The van der Waals surface area contributed by atoms with Gasteiger partial charge in [-0.05, 0) is 31.5 Å². The van der Waals surface area contributed by atoms with E-state index in [1.54, 1.807) is 6.92 Å². The first kappa shape index (κ1) is 19.1. The molecule has 0 radical (unpaired) electrons. The van der Waals surface area contributed by atoms with Crippen LogP contribution in [0.25, 0.3) is 5.65 Å². The Morgan fingerprint density at radius 2 is 1.96 bits per heavy atom. The van der Waals surface area contributed by atoms with Crippen LogP contribution in [0.5, 0.6) is 0 Å². The lowest BCUT2D eigenvalue weighted by molar-refractivity contribution is -0.127. The summed E-state index contributed by atoms with van der Waals surface area (Å²) in [4.78, 5) is 18.3. The van der Waals surface area contributed by atoms with E-state index in [1.807, 2.05) is 21.5 Å². The van der Waals surface area contributed by atoms with Gasteiger partial charge in [-0.15, -0.1) is 15.3 Å². The fourth-order valence-corrected chi connectivity index (χ4v) is 4.16. The third kappa shape index (κ3) is 3.57. The van der Waals surface area contributed by atoms with Crippen LogP contribution in [-0.4, -0.2) is 81.3 Å². The summed E-state index contributed by atoms with van der Waals surface area (Å²) in [7, 11) is 2.20. The number of carbonyl (C=O) groups excluding carboxylic acids is 1. The number of hydrogen-bond donors (Lipinski definition) is 0. The molecule has 0 bridgehead atoms. The Bertz CT molecular complexity index is 865. The summed E-state index contributed by atoms with van der Waals surface area (Å²) in [5, 5.41) is 13.4. The van der Waals surface area contributed by atoms with Crippen molar-refractivity contribution in [3.63, 3.8) is 0 Å². The van der Waals surface area contributed by atoms with Crippen LogP contribution in [0.4, 0.5) is 5.82 Å². The van der Waals surface area contributed by atoms with E-state index in [4.69, 9.17) is 5.10 Å². The molecule has 2 saturated heterocycles. The first-order chi connectivity index (χ1) is 13.2. The predicted molar refractivity (Wildman–Crippen MR) is 108 cm³/mol. The second-order valence-corrected chi connectivity index (χ2v) is 9.35. The molecule has 2 aromatic rings. The summed E-state index contributed by atoms with van der Waals surface area (Å²) in [5.41, 5.74) is 0.691. The Labute approximate surface area is 166 Å². The molecule has 0 aromatic carbocycles. The molecule has 4 rings (SSSR count).